The molecule has 4 atom stereocenters. The average molecular weight is 393 g/mol. The highest BCUT2D eigenvalue weighted by molar-refractivity contribution is 7.92. The third-order valence-electron chi connectivity index (χ3n) is 5.15. The number of nitrogens with one attached hydrogen (secondary N) is 1. The van der Waals surface area contributed by atoms with E-state index in [0.29, 0.717) is 13.0 Å². The SMILES string of the molecule is C=CCN[C@@H]1[C@@H](S(=O)(=O)c2ccccc2)[C@H]2CC[C@@H]1N2C(=O)OC(C)(C)C. The van der Waals surface area contributed by atoms with Crippen molar-refractivity contribution in [3.63, 3.8) is 0 Å². The molecule has 1 amide bonds. The lowest BCUT2D eigenvalue weighted by Crippen LogP contribution is -2.51. The molecule has 27 heavy (non-hydrogen) atoms. The van der Waals surface area contributed by atoms with Gasteiger partial charge >= 0.3 is 6.09 Å². The second-order valence-corrected chi connectivity index (χ2v) is 10.3. The van der Waals surface area contributed by atoms with E-state index in [1.54, 1.807) is 41.3 Å². The van der Waals surface area contributed by atoms with E-state index in [9.17, 15) is 13.2 Å². The van der Waals surface area contributed by atoms with E-state index in [1.807, 2.05) is 20.8 Å². The van der Waals surface area contributed by atoms with E-state index >= 15 is 0 Å². The number of carbonyl (C=O) groups excluding carboxylic acids is 1. The molecule has 1 aromatic rings. The van der Waals surface area contributed by atoms with Crippen molar-refractivity contribution in [2.75, 3.05) is 6.54 Å². The fourth-order valence-corrected chi connectivity index (χ4v) is 6.42. The summed E-state index contributed by atoms with van der Waals surface area (Å²) in [5, 5.41) is 2.59. The molecule has 2 heterocycles. The maximum Gasteiger partial charge on any atom is 0.410 e. The summed E-state index contributed by atoms with van der Waals surface area (Å²) in [5.41, 5.74) is -0.628. The highest BCUT2D eigenvalue weighted by Crippen LogP contribution is 2.43. The third kappa shape index (κ3) is 3.75. The fraction of sp³-hybridized carbons (Fsp3) is 0.550. The van der Waals surface area contributed by atoms with Gasteiger partial charge in [-0.15, -0.1) is 6.58 Å². The molecule has 3 rings (SSSR count). The molecule has 1 N–H and O–H groups in total. The number of sulfone groups is 1. The number of amides is 1. The molecule has 2 fully saturated rings. The zero-order valence-electron chi connectivity index (χ0n) is 16.1. The number of rotatable bonds is 5. The molecule has 6 nitrogen and oxygen atoms in total. The third-order valence-corrected chi connectivity index (χ3v) is 7.41. The van der Waals surface area contributed by atoms with Crippen molar-refractivity contribution >= 4 is 15.9 Å². The van der Waals surface area contributed by atoms with Crippen LogP contribution in [-0.4, -0.2) is 54.9 Å². The summed E-state index contributed by atoms with van der Waals surface area (Å²) in [6.07, 6.45) is 2.69. The first-order chi connectivity index (χ1) is 12.7. The number of ether oxygens (including phenoxy) is 1. The summed E-state index contributed by atoms with van der Waals surface area (Å²) in [6.45, 7) is 9.64. The lowest BCUT2D eigenvalue weighted by molar-refractivity contribution is 0.0211. The normalized spacial score (nSPS) is 27.6. The van der Waals surface area contributed by atoms with Gasteiger partial charge in [0.15, 0.2) is 9.84 Å². The highest BCUT2D eigenvalue weighted by Gasteiger charge is 2.60. The van der Waals surface area contributed by atoms with Gasteiger partial charge in [-0.3, -0.25) is 4.90 Å². The summed E-state index contributed by atoms with van der Waals surface area (Å²) in [6, 6.07) is 7.52. The van der Waals surface area contributed by atoms with Gasteiger partial charge in [-0.2, -0.15) is 0 Å². The molecule has 2 aliphatic heterocycles. The maximum atomic E-state index is 13.4. The topological polar surface area (TPSA) is 75.7 Å². The van der Waals surface area contributed by atoms with Crippen molar-refractivity contribution in [1.82, 2.24) is 10.2 Å². The smallest absolute Gasteiger partial charge is 0.410 e. The van der Waals surface area contributed by atoms with Gasteiger partial charge in [0.1, 0.15) is 10.9 Å². The van der Waals surface area contributed by atoms with Crippen LogP contribution in [0.5, 0.6) is 0 Å². The molecule has 0 unspecified atom stereocenters. The minimum absolute atomic E-state index is 0.201. The van der Waals surface area contributed by atoms with E-state index in [2.05, 4.69) is 11.9 Å². The van der Waals surface area contributed by atoms with E-state index in [4.69, 9.17) is 4.74 Å². The van der Waals surface area contributed by atoms with Gasteiger partial charge in [-0.05, 0) is 45.7 Å². The Kier molecular flexibility index (Phi) is 5.36. The molecule has 2 aliphatic rings. The fourth-order valence-electron chi connectivity index (χ4n) is 4.22. The van der Waals surface area contributed by atoms with Gasteiger partial charge in [-0.25, -0.2) is 13.2 Å². The van der Waals surface area contributed by atoms with Crippen LogP contribution in [-0.2, 0) is 14.6 Å². The molecule has 2 saturated heterocycles. The summed E-state index contributed by atoms with van der Waals surface area (Å²) < 4.78 is 32.4. The molecule has 1 aromatic carbocycles. The van der Waals surface area contributed by atoms with Gasteiger partial charge < -0.3 is 10.1 Å². The van der Waals surface area contributed by atoms with Crippen molar-refractivity contribution in [1.29, 1.82) is 0 Å². The van der Waals surface area contributed by atoms with Crippen molar-refractivity contribution in [2.45, 2.75) is 67.5 Å². The molecule has 0 aliphatic carbocycles. The first-order valence-corrected chi connectivity index (χ1v) is 10.9. The van der Waals surface area contributed by atoms with Crippen LogP contribution >= 0.6 is 0 Å². The second kappa shape index (κ2) is 7.28. The Morgan fingerprint density at radius 2 is 1.89 bits per heavy atom. The lowest BCUT2D eigenvalue weighted by Gasteiger charge is -2.29. The lowest BCUT2D eigenvalue weighted by atomic mass is 9.95. The Morgan fingerprint density at radius 3 is 2.48 bits per heavy atom. The standard InChI is InChI=1S/C20H28N2O4S/c1-5-13-21-17-15-11-12-16(22(15)19(23)26-20(2,3)4)18(17)27(24,25)14-9-7-6-8-10-14/h5-10,15-18,21H,1,11-13H2,2-4H3/t15-,16+,17-,18-/m0/s1. The van der Waals surface area contributed by atoms with Crippen molar-refractivity contribution < 1.29 is 17.9 Å². The zero-order chi connectivity index (χ0) is 19.8. The highest BCUT2D eigenvalue weighted by atomic mass is 32.2. The van der Waals surface area contributed by atoms with Crippen molar-refractivity contribution in [3.05, 3.63) is 43.0 Å². The van der Waals surface area contributed by atoms with Crippen LogP contribution in [0.15, 0.2) is 47.9 Å². The monoisotopic (exact) mass is 392 g/mol. The van der Waals surface area contributed by atoms with Crippen LogP contribution in [0.25, 0.3) is 0 Å². The van der Waals surface area contributed by atoms with Gasteiger partial charge in [0, 0.05) is 12.6 Å². The van der Waals surface area contributed by atoms with Crippen molar-refractivity contribution in [2.24, 2.45) is 0 Å². The second-order valence-electron chi connectivity index (χ2n) is 8.15. The Bertz CT molecular complexity index is 801. The Balaban J connectivity index is 1.97. The molecular formula is C20H28N2O4S. The molecule has 0 aromatic heterocycles. The summed E-state index contributed by atoms with van der Waals surface area (Å²) in [7, 11) is -3.61. The van der Waals surface area contributed by atoms with Gasteiger partial charge in [0.2, 0.25) is 0 Å². The van der Waals surface area contributed by atoms with Crippen LogP contribution < -0.4 is 5.32 Å². The maximum absolute atomic E-state index is 13.4. The number of fused-ring (bicyclic) bond motifs is 2. The van der Waals surface area contributed by atoms with Crippen LogP contribution in [0.3, 0.4) is 0 Å². The van der Waals surface area contributed by atoms with Crippen molar-refractivity contribution in [3.8, 4) is 0 Å². The molecule has 7 heteroatoms. The van der Waals surface area contributed by atoms with E-state index < -0.39 is 32.8 Å². The molecule has 0 radical (unpaired) electrons. The van der Waals surface area contributed by atoms with Crippen LogP contribution in [0.4, 0.5) is 4.79 Å². The van der Waals surface area contributed by atoms with Gasteiger partial charge in [0.05, 0.1) is 17.0 Å². The van der Waals surface area contributed by atoms with Gasteiger partial charge in [0.25, 0.3) is 0 Å². The number of hydrogen-bond acceptors (Lipinski definition) is 5. The quantitative estimate of drug-likeness (QED) is 0.780. The van der Waals surface area contributed by atoms with Gasteiger partial charge in [-0.1, -0.05) is 24.3 Å². The average Bonchev–Trinajstić information content (AvgIpc) is 3.15. The summed E-state index contributed by atoms with van der Waals surface area (Å²) >= 11 is 0. The molecular weight excluding hydrogens is 364 g/mol. The van der Waals surface area contributed by atoms with Crippen LogP contribution in [0.2, 0.25) is 0 Å². The summed E-state index contributed by atoms with van der Waals surface area (Å²) in [4.78, 5) is 14.8. The van der Waals surface area contributed by atoms with Crippen LogP contribution in [0, 0.1) is 0 Å². The number of hydrogen-bond donors (Lipinski definition) is 1. The molecule has 0 spiro atoms. The summed E-state index contributed by atoms with van der Waals surface area (Å²) in [5.74, 6) is 0. The molecule has 0 saturated carbocycles. The minimum atomic E-state index is -3.61. The molecule has 148 valence electrons. The first kappa shape index (κ1) is 19.9. The van der Waals surface area contributed by atoms with Crippen LogP contribution in [0.1, 0.15) is 33.6 Å². The van der Waals surface area contributed by atoms with E-state index in [-0.39, 0.29) is 17.0 Å². The minimum Gasteiger partial charge on any atom is -0.444 e. The van der Waals surface area contributed by atoms with E-state index in [0.717, 1.165) is 6.42 Å². The Labute approximate surface area is 161 Å². The first-order valence-electron chi connectivity index (χ1n) is 9.31. The van der Waals surface area contributed by atoms with E-state index in [1.165, 1.54) is 0 Å². The Morgan fingerprint density at radius 1 is 1.26 bits per heavy atom. The predicted molar refractivity (Wildman–Crippen MR) is 104 cm³/mol. The number of benzene rings is 1. The number of carbonyl (C=O) groups is 1. The Hall–Kier alpha value is -1.86. The zero-order valence-corrected chi connectivity index (χ0v) is 16.9. The predicted octanol–water partition coefficient (Wildman–Crippen LogP) is 2.75. The number of nitrogens with zero attached hydrogens (tertiary/aromatic N) is 1. The molecule has 2 bridgehead atoms. The largest absolute Gasteiger partial charge is 0.444 e.